The van der Waals surface area contributed by atoms with E-state index < -0.39 is 22.9 Å². The first-order chi connectivity index (χ1) is 14.4. The summed E-state index contributed by atoms with van der Waals surface area (Å²) >= 11 is 0. The molecule has 162 valence electrons. The number of hydrogen-bond acceptors (Lipinski definition) is 5. The first kappa shape index (κ1) is 21.7. The molecule has 2 amide bonds. The van der Waals surface area contributed by atoms with Gasteiger partial charge in [0.2, 0.25) is 5.91 Å². The van der Waals surface area contributed by atoms with Crippen molar-refractivity contribution in [2.45, 2.75) is 57.5 Å². The van der Waals surface area contributed by atoms with Gasteiger partial charge in [0.25, 0.3) is 11.5 Å². The number of unbranched alkanes of at least 4 members (excludes halogenated alkanes) is 1. The minimum absolute atomic E-state index is 0.0154. The number of ether oxygens (including phenoxy) is 2. The van der Waals surface area contributed by atoms with Crippen LogP contribution in [0.3, 0.4) is 0 Å². The summed E-state index contributed by atoms with van der Waals surface area (Å²) in [7, 11) is 3.05. The van der Waals surface area contributed by atoms with Crippen LogP contribution in [0, 0.1) is 0 Å². The average Bonchev–Trinajstić information content (AvgIpc) is 3.21. The van der Waals surface area contributed by atoms with Gasteiger partial charge in [0.1, 0.15) is 11.1 Å². The molecular formula is C22H29N3O5. The molecule has 1 fully saturated rings. The SMILES string of the molecule is CCCCn1c(=O)c(C(=O)NC2(C(N)=O)CCCC2)cc2ccc(OC)c(OC)c21. The average molecular weight is 415 g/mol. The van der Waals surface area contributed by atoms with E-state index in [2.05, 4.69) is 5.32 Å². The maximum Gasteiger partial charge on any atom is 0.264 e. The number of hydrogen-bond donors (Lipinski definition) is 2. The van der Waals surface area contributed by atoms with E-state index in [9.17, 15) is 14.4 Å². The van der Waals surface area contributed by atoms with Crippen molar-refractivity contribution in [1.29, 1.82) is 0 Å². The van der Waals surface area contributed by atoms with Crippen LogP contribution in [-0.4, -0.2) is 36.1 Å². The van der Waals surface area contributed by atoms with E-state index in [1.807, 2.05) is 6.92 Å². The van der Waals surface area contributed by atoms with Crippen LogP contribution in [0.25, 0.3) is 10.9 Å². The Morgan fingerprint density at radius 2 is 1.90 bits per heavy atom. The topological polar surface area (TPSA) is 113 Å². The summed E-state index contributed by atoms with van der Waals surface area (Å²) in [6, 6.07) is 5.06. The van der Waals surface area contributed by atoms with E-state index in [1.165, 1.54) is 14.2 Å². The molecule has 8 nitrogen and oxygen atoms in total. The number of methoxy groups -OCH3 is 2. The predicted octanol–water partition coefficient (Wildman–Crippen LogP) is 2.35. The van der Waals surface area contributed by atoms with Gasteiger partial charge in [-0.15, -0.1) is 0 Å². The van der Waals surface area contributed by atoms with Gasteiger partial charge in [-0.1, -0.05) is 26.2 Å². The van der Waals surface area contributed by atoms with Crippen LogP contribution in [-0.2, 0) is 11.3 Å². The Kier molecular flexibility index (Phi) is 6.34. The van der Waals surface area contributed by atoms with Crippen LogP contribution in [0.4, 0.5) is 0 Å². The number of fused-ring (bicyclic) bond motifs is 1. The number of rotatable bonds is 8. The third-order valence-corrected chi connectivity index (χ3v) is 5.86. The zero-order chi connectivity index (χ0) is 21.9. The highest BCUT2D eigenvalue weighted by Gasteiger charge is 2.41. The van der Waals surface area contributed by atoms with Crippen molar-refractivity contribution in [1.82, 2.24) is 9.88 Å². The number of nitrogens with one attached hydrogen (secondary N) is 1. The molecule has 1 aliphatic rings. The van der Waals surface area contributed by atoms with Gasteiger partial charge < -0.3 is 25.1 Å². The van der Waals surface area contributed by atoms with E-state index in [4.69, 9.17) is 15.2 Å². The van der Waals surface area contributed by atoms with Crippen LogP contribution in [0.15, 0.2) is 23.0 Å². The Balaban J connectivity index is 2.16. The molecule has 0 aliphatic heterocycles. The summed E-state index contributed by atoms with van der Waals surface area (Å²) in [6.45, 7) is 2.45. The van der Waals surface area contributed by atoms with Gasteiger partial charge in [-0.25, -0.2) is 0 Å². The molecule has 0 radical (unpaired) electrons. The molecule has 0 unspecified atom stereocenters. The second kappa shape index (κ2) is 8.77. The molecule has 3 rings (SSSR count). The maximum absolute atomic E-state index is 13.3. The van der Waals surface area contributed by atoms with Crippen molar-refractivity contribution in [2.75, 3.05) is 14.2 Å². The monoisotopic (exact) mass is 415 g/mol. The number of pyridine rings is 1. The molecule has 1 aromatic heterocycles. The summed E-state index contributed by atoms with van der Waals surface area (Å²) in [5, 5.41) is 3.44. The lowest BCUT2D eigenvalue weighted by atomic mass is 9.96. The zero-order valence-corrected chi connectivity index (χ0v) is 17.7. The molecule has 0 spiro atoms. The third kappa shape index (κ3) is 3.74. The Morgan fingerprint density at radius 1 is 1.20 bits per heavy atom. The molecule has 0 bridgehead atoms. The Hall–Kier alpha value is -3.03. The predicted molar refractivity (Wildman–Crippen MR) is 114 cm³/mol. The molecule has 0 saturated heterocycles. The largest absolute Gasteiger partial charge is 0.493 e. The third-order valence-electron chi connectivity index (χ3n) is 5.86. The molecule has 1 heterocycles. The molecule has 1 aliphatic carbocycles. The van der Waals surface area contributed by atoms with Crippen LogP contribution in [0.5, 0.6) is 11.5 Å². The number of aryl methyl sites for hydroxylation is 1. The molecule has 2 aromatic rings. The normalized spacial score (nSPS) is 15.2. The van der Waals surface area contributed by atoms with Crippen molar-refractivity contribution in [3.05, 3.63) is 34.1 Å². The van der Waals surface area contributed by atoms with E-state index in [0.717, 1.165) is 25.7 Å². The number of amides is 2. The fraction of sp³-hybridized carbons (Fsp3) is 0.500. The van der Waals surface area contributed by atoms with Crippen molar-refractivity contribution in [3.63, 3.8) is 0 Å². The quantitative estimate of drug-likeness (QED) is 0.687. The van der Waals surface area contributed by atoms with Gasteiger partial charge in [-0.2, -0.15) is 0 Å². The van der Waals surface area contributed by atoms with E-state index >= 15 is 0 Å². The Labute approximate surface area is 175 Å². The number of nitrogens with two attached hydrogens (primary N) is 1. The maximum atomic E-state index is 13.3. The number of primary amides is 1. The summed E-state index contributed by atoms with van der Waals surface area (Å²) < 4.78 is 12.5. The van der Waals surface area contributed by atoms with Crippen molar-refractivity contribution in [2.24, 2.45) is 5.73 Å². The molecule has 1 aromatic carbocycles. The van der Waals surface area contributed by atoms with Crippen LogP contribution in [0.2, 0.25) is 0 Å². The van der Waals surface area contributed by atoms with Gasteiger partial charge in [0, 0.05) is 11.9 Å². The number of carbonyl (C=O) groups excluding carboxylic acids is 2. The standard InChI is InChI=1S/C22H29N3O5/c1-4-5-12-25-17-14(8-9-16(29-2)18(17)30-3)13-15(20(25)27)19(26)24-22(21(23)28)10-6-7-11-22/h8-9,13H,4-7,10-12H2,1-3H3,(H2,23,28)(H,24,26). The fourth-order valence-corrected chi connectivity index (χ4v) is 4.17. The van der Waals surface area contributed by atoms with Gasteiger partial charge in [-0.05, 0) is 37.5 Å². The van der Waals surface area contributed by atoms with Gasteiger partial charge >= 0.3 is 0 Å². The highest BCUT2D eigenvalue weighted by atomic mass is 16.5. The van der Waals surface area contributed by atoms with E-state index in [-0.39, 0.29) is 5.56 Å². The van der Waals surface area contributed by atoms with Gasteiger partial charge in [-0.3, -0.25) is 14.4 Å². The van der Waals surface area contributed by atoms with E-state index in [1.54, 1.807) is 22.8 Å². The summed E-state index contributed by atoms with van der Waals surface area (Å²) in [5.74, 6) is -0.195. The zero-order valence-electron chi connectivity index (χ0n) is 17.7. The Morgan fingerprint density at radius 3 is 2.47 bits per heavy atom. The van der Waals surface area contributed by atoms with Crippen LogP contribution < -0.4 is 26.1 Å². The highest BCUT2D eigenvalue weighted by Crippen LogP contribution is 2.35. The second-order valence-electron chi connectivity index (χ2n) is 7.71. The summed E-state index contributed by atoms with van der Waals surface area (Å²) in [5.41, 5.74) is 4.63. The smallest absolute Gasteiger partial charge is 0.264 e. The first-order valence-electron chi connectivity index (χ1n) is 10.3. The van der Waals surface area contributed by atoms with Crippen molar-refractivity contribution < 1.29 is 19.1 Å². The van der Waals surface area contributed by atoms with Gasteiger partial charge in [0.15, 0.2) is 11.5 Å². The minimum Gasteiger partial charge on any atom is -0.493 e. The molecule has 0 atom stereocenters. The molecule has 8 heteroatoms. The van der Waals surface area contributed by atoms with Crippen LogP contribution in [0.1, 0.15) is 55.8 Å². The lowest BCUT2D eigenvalue weighted by molar-refractivity contribution is -0.123. The molecular weight excluding hydrogens is 386 g/mol. The lowest BCUT2D eigenvalue weighted by Crippen LogP contribution is -2.56. The summed E-state index contributed by atoms with van der Waals surface area (Å²) in [6.07, 6.45) is 4.21. The second-order valence-corrected chi connectivity index (χ2v) is 7.71. The Bertz CT molecular complexity index is 1020. The van der Waals surface area contributed by atoms with E-state index in [0.29, 0.717) is 41.8 Å². The number of nitrogens with zero attached hydrogens (tertiary/aromatic N) is 1. The van der Waals surface area contributed by atoms with Crippen molar-refractivity contribution >= 4 is 22.7 Å². The fourth-order valence-electron chi connectivity index (χ4n) is 4.17. The van der Waals surface area contributed by atoms with Crippen molar-refractivity contribution in [3.8, 4) is 11.5 Å². The minimum atomic E-state index is -1.09. The summed E-state index contributed by atoms with van der Waals surface area (Å²) in [4.78, 5) is 38.5. The van der Waals surface area contributed by atoms with Crippen LogP contribution >= 0.6 is 0 Å². The lowest BCUT2D eigenvalue weighted by Gasteiger charge is -2.26. The number of benzene rings is 1. The highest BCUT2D eigenvalue weighted by molar-refractivity contribution is 6.01. The first-order valence-corrected chi connectivity index (χ1v) is 10.3. The molecule has 3 N–H and O–H groups in total. The van der Waals surface area contributed by atoms with Gasteiger partial charge in [0.05, 0.1) is 19.7 Å². The number of carbonyl (C=O) groups is 2. The number of aromatic nitrogens is 1. The molecule has 1 saturated carbocycles. The molecule has 30 heavy (non-hydrogen) atoms.